The Morgan fingerprint density at radius 1 is 1.22 bits per heavy atom. The van der Waals surface area contributed by atoms with Crippen LogP contribution in [0.5, 0.6) is 5.75 Å². The second-order valence-corrected chi connectivity index (χ2v) is 6.99. The van der Waals surface area contributed by atoms with Crippen molar-refractivity contribution in [2.45, 2.75) is 25.3 Å². The van der Waals surface area contributed by atoms with Crippen molar-refractivity contribution in [3.05, 3.63) is 63.1 Å². The average Bonchev–Trinajstić information content (AvgIpc) is 2.63. The predicted molar refractivity (Wildman–Crippen MR) is 96.9 cm³/mol. The van der Waals surface area contributed by atoms with Gasteiger partial charge >= 0.3 is 5.97 Å². The first-order chi connectivity index (χ1) is 12.9. The van der Waals surface area contributed by atoms with Gasteiger partial charge in [0.05, 0.1) is 11.1 Å². The molecule has 1 atom stereocenters. The minimum absolute atomic E-state index is 0.0316. The summed E-state index contributed by atoms with van der Waals surface area (Å²) < 4.78 is 34.0. The number of hydrogen-bond acceptors (Lipinski definition) is 3. The van der Waals surface area contributed by atoms with E-state index in [-0.39, 0.29) is 6.42 Å². The maximum Gasteiger partial charge on any atom is 0.326 e. The summed E-state index contributed by atoms with van der Waals surface area (Å²) in [5.41, 5.74) is 0.771. The van der Waals surface area contributed by atoms with Crippen LogP contribution >= 0.6 is 15.9 Å². The summed E-state index contributed by atoms with van der Waals surface area (Å²) in [6.45, 7) is 0.570. The molecule has 142 valence electrons. The average molecular weight is 440 g/mol. The third-order valence-corrected chi connectivity index (χ3v) is 4.97. The number of carboxylic acid groups (broad SMARTS) is 1. The van der Waals surface area contributed by atoms with Crippen LogP contribution in [0.25, 0.3) is 0 Å². The molecule has 0 fully saturated rings. The van der Waals surface area contributed by atoms with E-state index in [1.807, 2.05) is 0 Å². The highest BCUT2D eigenvalue weighted by atomic mass is 79.9. The minimum atomic E-state index is -1.34. The van der Waals surface area contributed by atoms with Crippen molar-refractivity contribution in [3.8, 4) is 5.75 Å². The quantitative estimate of drug-likeness (QED) is 0.747. The lowest BCUT2D eigenvalue weighted by Crippen LogP contribution is -2.43. The van der Waals surface area contributed by atoms with Crippen molar-refractivity contribution >= 4 is 27.8 Å². The first kappa shape index (κ1) is 19.3. The van der Waals surface area contributed by atoms with Crippen LogP contribution in [-0.4, -0.2) is 29.6 Å². The Bertz CT molecular complexity index is 883. The summed E-state index contributed by atoms with van der Waals surface area (Å²) in [5, 5.41) is 11.7. The largest absolute Gasteiger partial charge is 0.492 e. The molecule has 27 heavy (non-hydrogen) atoms. The van der Waals surface area contributed by atoms with E-state index in [2.05, 4.69) is 21.2 Å². The molecule has 2 N–H and O–H groups in total. The molecular weight excluding hydrogens is 424 g/mol. The zero-order valence-electron chi connectivity index (χ0n) is 14.1. The number of carbonyl (C=O) groups excluding carboxylic acids is 1. The number of hydrogen-bond donors (Lipinski definition) is 2. The summed E-state index contributed by atoms with van der Waals surface area (Å²) in [6, 6.07) is 5.17. The smallest absolute Gasteiger partial charge is 0.326 e. The topological polar surface area (TPSA) is 75.6 Å². The van der Waals surface area contributed by atoms with E-state index in [0.717, 1.165) is 34.7 Å². The lowest BCUT2D eigenvalue weighted by Gasteiger charge is -2.23. The zero-order chi connectivity index (χ0) is 19.6. The van der Waals surface area contributed by atoms with Gasteiger partial charge in [-0.3, -0.25) is 4.79 Å². The second kappa shape index (κ2) is 8.04. The van der Waals surface area contributed by atoms with Crippen molar-refractivity contribution in [1.29, 1.82) is 0 Å². The zero-order valence-corrected chi connectivity index (χ0v) is 15.7. The standard InChI is InChI=1S/C19H16BrF2NO4/c20-12-7-6-10(11-3-2-8-27-17(11)12)9-15(19(25)26)23-18(24)16-13(21)4-1-5-14(16)22/h1,4-7,15H,2-3,8-9H2,(H,23,24)(H,25,26). The molecule has 1 aliphatic heterocycles. The molecule has 0 radical (unpaired) electrons. The molecule has 2 aromatic carbocycles. The summed E-state index contributed by atoms with van der Waals surface area (Å²) in [6.07, 6.45) is 1.48. The Morgan fingerprint density at radius 3 is 2.59 bits per heavy atom. The van der Waals surface area contributed by atoms with E-state index >= 15 is 0 Å². The van der Waals surface area contributed by atoms with Gasteiger partial charge in [-0.1, -0.05) is 12.1 Å². The Labute approximate surface area is 162 Å². The molecule has 1 heterocycles. The minimum Gasteiger partial charge on any atom is -0.492 e. The molecule has 0 aliphatic carbocycles. The van der Waals surface area contributed by atoms with Gasteiger partial charge in [-0.15, -0.1) is 0 Å². The molecule has 8 heteroatoms. The summed E-state index contributed by atoms with van der Waals surface area (Å²) in [7, 11) is 0. The van der Waals surface area contributed by atoms with Gasteiger partial charge < -0.3 is 15.2 Å². The molecule has 2 aromatic rings. The van der Waals surface area contributed by atoms with Gasteiger partial charge in [-0.25, -0.2) is 13.6 Å². The number of fused-ring (bicyclic) bond motifs is 1. The number of aliphatic carboxylic acids is 1. The van der Waals surface area contributed by atoms with Crippen LogP contribution < -0.4 is 10.1 Å². The number of carboxylic acids is 1. The normalized spacial score (nSPS) is 14.0. The van der Waals surface area contributed by atoms with Crippen molar-refractivity contribution in [2.24, 2.45) is 0 Å². The van der Waals surface area contributed by atoms with Gasteiger partial charge in [-0.2, -0.15) is 0 Å². The number of amides is 1. The summed E-state index contributed by atoms with van der Waals surface area (Å²) in [4.78, 5) is 23.9. The van der Waals surface area contributed by atoms with Crippen molar-refractivity contribution < 1.29 is 28.2 Å². The highest BCUT2D eigenvalue weighted by molar-refractivity contribution is 9.10. The van der Waals surface area contributed by atoms with Crippen LogP contribution in [0.4, 0.5) is 8.78 Å². The molecule has 0 bridgehead atoms. The van der Waals surface area contributed by atoms with E-state index in [0.29, 0.717) is 24.3 Å². The molecular formula is C19H16BrF2NO4. The van der Waals surface area contributed by atoms with E-state index in [1.165, 1.54) is 0 Å². The van der Waals surface area contributed by atoms with Crippen LogP contribution in [0, 0.1) is 11.6 Å². The Hall–Kier alpha value is -2.48. The van der Waals surface area contributed by atoms with Crippen LogP contribution in [-0.2, 0) is 17.6 Å². The van der Waals surface area contributed by atoms with Crippen molar-refractivity contribution in [1.82, 2.24) is 5.32 Å². The fourth-order valence-corrected chi connectivity index (χ4v) is 3.54. The van der Waals surface area contributed by atoms with Gasteiger partial charge in [-0.05, 0) is 58.1 Å². The van der Waals surface area contributed by atoms with Gasteiger partial charge in [0, 0.05) is 6.42 Å². The van der Waals surface area contributed by atoms with E-state index < -0.39 is 35.1 Å². The fraction of sp³-hybridized carbons (Fsp3) is 0.263. The highest BCUT2D eigenvalue weighted by Crippen LogP contribution is 2.35. The van der Waals surface area contributed by atoms with Crippen LogP contribution in [0.15, 0.2) is 34.8 Å². The molecule has 3 rings (SSSR count). The maximum atomic E-state index is 13.8. The number of nitrogens with one attached hydrogen (secondary N) is 1. The third-order valence-electron chi connectivity index (χ3n) is 4.34. The van der Waals surface area contributed by atoms with Gasteiger partial charge in [0.2, 0.25) is 0 Å². The molecule has 0 spiro atoms. The monoisotopic (exact) mass is 439 g/mol. The maximum absolute atomic E-state index is 13.8. The lowest BCUT2D eigenvalue weighted by atomic mass is 9.95. The van der Waals surface area contributed by atoms with E-state index in [1.54, 1.807) is 12.1 Å². The predicted octanol–water partition coefficient (Wildman–Crippen LogP) is 3.48. The first-order valence-corrected chi connectivity index (χ1v) is 9.08. The summed E-state index contributed by atoms with van der Waals surface area (Å²) in [5.74, 6) is -3.85. The van der Waals surface area contributed by atoms with E-state index in [4.69, 9.17) is 4.74 Å². The Kier molecular flexibility index (Phi) is 5.74. The van der Waals surface area contributed by atoms with Gasteiger partial charge in [0.15, 0.2) is 0 Å². The van der Waals surface area contributed by atoms with Crippen LogP contribution in [0.1, 0.15) is 27.9 Å². The molecule has 1 unspecified atom stereocenters. The molecule has 1 aliphatic rings. The van der Waals surface area contributed by atoms with Crippen molar-refractivity contribution in [3.63, 3.8) is 0 Å². The van der Waals surface area contributed by atoms with Crippen LogP contribution in [0.2, 0.25) is 0 Å². The molecule has 5 nitrogen and oxygen atoms in total. The fourth-order valence-electron chi connectivity index (χ4n) is 3.05. The first-order valence-electron chi connectivity index (χ1n) is 8.29. The SMILES string of the molecule is O=C(NC(Cc1ccc(Br)c2c1CCCO2)C(=O)O)c1c(F)cccc1F. The number of halogens is 3. The Balaban J connectivity index is 1.86. The number of ether oxygens (including phenoxy) is 1. The molecule has 1 amide bonds. The number of carbonyl (C=O) groups is 2. The number of rotatable bonds is 5. The Morgan fingerprint density at radius 2 is 1.93 bits per heavy atom. The van der Waals surface area contributed by atoms with Gasteiger partial charge in [0.1, 0.15) is 29.0 Å². The van der Waals surface area contributed by atoms with Gasteiger partial charge in [0.25, 0.3) is 5.91 Å². The van der Waals surface area contributed by atoms with E-state index in [9.17, 15) is 23.5 Å². The second-order valence-electron chi connectivity index (χ2n) is 6.13. The number of benzene rings is 2. The third kappa shape index (κ3) is 4.10. The summed E-state index contributed by atoms with van der Waals surface area (Å²) >= 11 is 3.40. The molecule has 0 aromatic heterocycles. The molecule has 0 saturated carbocycles. The van der Waals surface area contributed by atoms with Crippen molar-refractivity contribution in [2.75, 3.05) is 6.61 Å². The molecule has 0 saturated heterocycles. The lowest BCUT2D eigenvalue weighted by molar-refractivity contribution is -0.139. The van der Waals surface area contributed by atoms with Crippen LogP contribution in [0.3, 0.4) is 0 Å². The highest BCUT2D eigenvalue weighted by Gasteiger charge is 2.27.